The van der Waals surface area contributed by atoms with Gasteiger partial charge in [-0.1, -0.05) is 59.9 Å². The maximum absolute atomic E-state index is 13.3. The molecule has 0 bridgehead atoms. The molecule has 3 aromatic heterocycles. The van der Waals surface area contributed by atoms with Crippen LogP contribution in [0.2, 0.25) is 0 Å². The van der Waals surface area contributed by atoms with Crippen molar-refractivity contribution < 1.29 is 4.74 Å². The standard InChI is InChI=1S/C24H20N4O2S2/c29-23-25-20(19-9-4-14-31-19)21-22(32-24(26-21)27-10-12-30-13-11-27)28(23)15-17-7-3-6-16-5-1-2-8-18(16)17/h1-9,14H,10-13,15H2. The Bertz CT molecular complexity index is 1460. The summed E-state index contributed by atoms with van der Waals surface area (Å²) in [7, 11) is 0. The zero-order valence-electron chi connectivity index (χ0n) is 17.2. The van der Waals surface area contributed by atoms with Crippen LogP contribution in [0.3, 0.4) is 0 Å². The molecule has 0 unspecified atom stereocenters. The van der Waals surface area contributed by atoms with E-state index in [0.717, 1.165) is 49.8 Å². The molecule has 0 atom stereocenters. The summed E-state index contributed by atoms with van der Waals surface area (Å²) >= 11 is 3.14. The van der Waals surface area contributed by atoms with Gasteiger partial charge in [-0.25, -0.2) is 9.78 Å². The van der Waals surface area contributed by atoms with E-state index in [9.17, 15) is 4.79 Å². The number of anilines is 1. The van der Waals surface area contributed by atoms with Gasteiger partial charge in [0.1, 0.15) is 16.0 Å². The zero-order valence-corrected chi connectivity index (χ0v) is 18.9. The molecule has 1 fully saturated rings. The van der Waals surface area contributed by atoms with Crippen molar-refractivity contribution in [1.82, 2.24) is 14.5 Å². The third kappa shape index (κ3) is 3.40. The topological polar surface area (TPSA) is 60.3 Å². The summed E-state index contributed by atoms with van der Waals surface area (Å²) in [5.41, 5.74) is 2.31. The number of fused-ring (bicyclic) bond motifs is 2. The predicted octanol–water partition coefficient (Wildman–Crippen LogP) is 4.62. The van der Waals surface area contributed by atoms with Crippen molar-refractivity contribution in [3.05, 3.63) is 76.0 Å². The monoisotopic (exact) mass is 460 g/mol. The molecule has 4 heterocycles. The Morgan fingerprint density at radius 1 is 0.969 bits per heavy atom. The number of thiophene rings is 1. The van der Waals surface area contributed by atoms with Gasteiger partial charge in [-0.3, -0.25) is 4.57 Å². The van der Waals surface area contributed by atoms with E-state index in [4.69, 9.17) is 9.72 Å². The van der Waals surface area contributed by atoms with Crippen LogP contribution in [0, 0.1) is 0 Å². The third-order valence-corrected chi connectivity index (χ3v) is 7.77. The lowest BCUT2D eigenvalue weighted by Crippen LogP contribution is -2.36. The van der Waals surface area contributed by atoms with Crippen LogP contribution in [0.5, 0.6) is 0 Å². The molecular weight excluding hydrogens is 440 g/mol. The highest BCUT2D eigenvalue weighted by Crippen LogP contribution is 2.35. The molecule has 6 rings (SSSR count). The number of aromatic nitrogens is 3. The largest absolute Gasteiger partial charge is 0.378 e. The number of hydrogen-bond acceptors (Lipinski definition) is 7. The van der Waals surface area contributed by atoms with E-state index in [0.29, 0.717) is 25.5 Å². The van der Waals surface area contributed by atoms with Gasteiger partial charge in [-0.2, -0.15) is 4.98 Å². The van der Waals surface area contributed by atoms with E-state index < -0.39 is 0 Å². The van der Waals surface area contributed by atoms with Gasteiger partial charge in [0.05, 0.1) is 24.6 Å². The Morgan fingerprint density at radius 2 is 1.81 bits per heavy atom. The van der Waals surface area contributed by atoms with Crippen molar-refractivity contribution in [3.63, 3.8) is 0 Å². The summed E-state index contributed by atoms with van der Waals surface area (Å²) in [5, 5.41) is 5.23. The summed E-state index contributed by atoms with van der Waals surface area (Å²) in [6.07, 6.45) is 0. The maximum Gasteiger partial charge on any atom is 0.349 e. The van der Waals surface area contributed by atoms with Crippen LogP contribution in [0.25, 0.3) is 31.7 Å². The highest BCUT2D eigenvalue weighted by molar-refractivity contribution is 7.22. The fourth-order valence-electron chi connectivity index (χ4n) is 4.15. The quantitative estimate of drug-likeness (QED) is 0.392. The summed E-state index contributed by atoms with van der Waals surface area (Å²) in [6.45, 7) is 3.44. The number of ether oxygens (including phenoxy) is 1. The Morgan fingerprint density at radius 3 is 2.66 bits per heavy atom. The van der Waals surface area contributed by atoms with Gasteiger partial charge < -0.3 is 9.64 Å². The second-order valence-corrected chi connectivity index (χ2v) is 9.60. The van der Waals surface area contributed by atoms with E-state index in [2.05, 4.69) is 34.1 Å². The Kier molecular flexibility index (Phi) is 4.98. The van der Waals surface area contributed by atoms with Crippen molar-refractivity contribution in [2.75, 3.05) is 31.2 Å². The molecule has 160 valence electrons. The van der Waals surface area contributed by atoms with Gasteiger partial charge >= 0.3 is 5.69 Å². The minimum absolute atomic E-state index is 0.244. The summed E-state index contributed by atoms with van der Waals surface area (Å²) in [5.74, 6) is 0. The summed E-state index contributed by atoms with van der Waals surface area (Å²) in [6, 6.07) is 18.5. The predicted molar refractivity (Wildman–Crippen MR) is 131 cm³/mol. The van der Waals surface area contributed by atoms with Gasteiger partial charge in [0, 0.05) is 13.1 Å². The molecule has 1 aliphatic heterocycles. The van der Waals surface area contributed by atoms with Crippen LogP contribution in [0.4, 0.5) is 5.13 Å². The van der Waals surface area contributed by atoms with Crippen molar-refractivity contribution >= 4 is 48.9 Å². The lowest BCUT2D eigenvalue weighted by Gasteiger charge is -2.25. The lowest BCUT2D eigenvalue weighted by molar-refractivity contribution is 0.122. The van der Waals surface area contributed by atoms with Crippen LogP contribution in [-0.2, 0) is 11.3 Å². The first-order chi connectivity index (χ1) is 15.8. The molecular formula is C24H20N4O2S2. The van der Waals surface area contributed by atoms with E-state index in [1.807, 2.05) is 35.7 Å². The molecule has 0 spiro atoms. The van der Waals surface area contributed by atoms with Crippen molar-refractivity contribution in [3.8, 4) is 10.6 Å². The minimum atomic E-state index is -0.244. The number of nitrogens with zero attached hydrogens (tertiary/aromatic N) is 4. The fraction of sp³-hybridized carbons (Fsp3) is 0.208. The number of hydrogen-bond donors (Lipinski definition) is 0. The zero-order chi connectivity index (χ0) is 21.5. The van der Waals surface area contributed by atoms with Gasteiger partial charge in [0.15, 0.2) is 5.13 Å². The Balaban J connectivity index is 1.54. The van der Waals surface area contributed by atoms with Gasteiger partial charge in [-0.05, 0) is 27.8 Å². The number of benzene rings is 2. The molecule has 2 aromatic carbocycles. The van der Waals surface area contributed by atoms with Gasteiger partial charge in [0.25, 0.3) is 0 Å². The molecule has 8 heteroatoms. The minimum Gasteiger partial charge on any atom is -0.378 e. The van der Waals surface area contributed by atoms with E-state index >= 15 is 0 Å². The van der Waals surface area contributed by atoms with Crippen LogP contribution >= 0.6 is 22.7 Å². The summed E-state index contributed by atoms with van der Waals surface area (Å²) in [4.78, 5) is 26.8. The SMILES string of the molecule is O=c1nc(-c2cccs2)c2nc(N3CCOCC3)sc2n1Cc1cccc2ccccc12. The lowest BCUT2D eigenvalue weighted by atomic mass is 10.0. The summed E-state index contributed by atoms with van der Waals surface area (Å²) < 4.78 is 7.28. The number of thiazole rings is 1. The van der Waals surface area contributed by atoms with Crippen molar-refractivity contribution in [2.45, 2.75) is 6.54 Å². The molecule has 0 aliphatic carbocycles. The maximum atomic E-state index is 13.3. The second-order valence-electron chi connectivity index (χ2n) is 7.69. The molecule has 0 amide bonds. The van der Waals surface area contributed by atoms with Crippen molar-refractivity contribution in [1.29, 1.82) is 0 Å². The molecule has 1 saturated heterocycles. The first-order valence-electron chi connectivity index (χ1n) is 10.5. The van der Waals surface area contributed by atoms with E-state index in [1.165, 1.54) is 0 Å². The van der Waals surface area contributed by atoms with Crippen LogP contribution < -0.4 is 10.6 Å². The van der Waals surface area contributed by atoms with Crippen LogP contribution in [0.15, 0.2) is 64.8 Å². The van der Waals surface area contributed by atoms with Crippen LogP contribution in [-0.4, -0.2) is 40.8 Å². The van der Waals surface area contributed by atoms with E-state index in [1.54, 1.807) is 27.2 Å². The molecule has 6 nitrogen and oxygen atoms in total. The molecule has 1 aliphatic rings. The highest BCUT2D eigenvalue weighted by Gasteiger charge is 2.22. The van der Waals surface area contributed by atoms with Gasteiger partial charge in [-0.15, -0.1) is 11.3 Å². The smallest absolute Gasteiger partial charge is 0.349 e. The first-order valence-corrected chi connectivity index (χ1v) is 12.2. The molecule has 32 heavy (non-hydrogen) atoms. The fourth-order valence-corrected chi connectivity index (χ4v) is 5.98. The van der Waals surface area contributed by atoms with Crippen molar-refractivity contribution in [2.24, 2.45) is 0 Å². The third-order valence-electron chi connectivity index (χ3n) is 5.75. The molecule has 0 N–H and O–H groups in total. The highest BCUT2D eigenvalue weighted by atomic mass is 32.1. The average Bonchev–Trinajstić information content (AvgIpc) is 3.52. The molecule has 0 saturated carbocycles. The Hall–Kier alpha value is -3.07. The van der Waals surface area contributed by atoms with Gasteiger partial charge in [0.2, 0.25) is 0 Å². The average molecular weight is 461 g/mol. The van der Waals surface area contributed by atoms with Crippen LogP contribution in [0.1, 0.15) is 5.56 Å². The first kappa shape index (κ1) is 19.6. The Labute approximate surface area is 192 Å². The number of morpholine rings is 1. The normalized spacial score (nSPS) is 14.4. The van der Waals surface area contributed by atoms with E-state index in [-0.39, 0.29) is 5.69 Å². The molecule has 0 radical (unpaired) electrons. The number of rotatable bonds is 4. The second kappa shape index (κ2) is 8.12. The molecule has 5 aromatic rings.